The van der Waals surface area contributed by atoms with Crippen LogP contribution < -0.4 is 11.1 Å². The van der Waals surface area contributed by atoms with Crippen LogP contribution in [0.15, 0.2) is 24.3 Å². The van der Waals surface area contributed by atoms with Crippen LogP contribution in [0.3, 0.4) is 0 Å². The Morgan fingerprint density at radius 2 is 2.00 bits per heavy atom. The van der Waals surface area contributed by atoms with Crippen LogP contribution in [0.25, 0.3) is 0 Å². The van der Waals surface area contributed by atoms with Gasteiger partial charge in [-0.2, -0.15) is 0 Å². The normalized spacial score (nSPS) is 28.0. The number of amides is 1. The highest BCUT2D eigenvalue weighted by Gasteiger charge is 2.49. The van der Waals surface area contributed by atoms with Crippen molar-refractivity contribution in [3.05, 3.63) is 35.4 Å². The maximum Gasteiger partial charge on any atom is 0.485 e. The second kappa shape index (κ2) is 8.73. The zero-order valence-electron chi connectivity index (χ0n) is 16.1. The van der Waals surface area contributed by atoms with E-state index in [1.807, 2.05) is 25.3 Å². The van der Waals surface area contributed by atoms with Gasteiger partial charge in [-0.15, -0.1) is 0 Å². The van der Waals surface area contributed by atoms with Crippen LogP contribution in [0.5, 0.6) is 0 Å². The molecule has 3 fully saturated rings. The molecule has 0 saturated heterocycles. The smallest absolute Gasteiger partial charge is 0.429 e. The zero-order valence-corrected chi connectivity index (χ0v) is 16.1. The summed E-state index contributed by atoms with van der Waals surface area (Å²) in [6.45, 7) is 0.376. The molecule has 1 amide bonds. The number of carbonyl (C=O) groups excluding carboxylic acids is 1. The van der Waals surface area contributed by atoms with E-state index in [-0.39, 0.29) is 16.9 Å². The molecule has 7 heteroatoms. The molecule has 1 radical (unpaired) electrons. The van der Waals surface area contributed by atoms with Crippen LogP contribution in [0, 0.1) is 0 Å². The zero-order chi connectivity index (χ0) is 19.3. The van der Waals surface area contributed by atoms with E-state index < -0.39 is 6.17 Å². The Bertz CT molecular complexity index is 630. The second-order valence-corrected chi connectivity index (χ2v) is 7.95. The maximum atomic E-state index is 12.6. The number of nitrogens with one attached hydrogen (secondary N) is 1. The topological polar surface area (TPSA) is 93.8 Å². The second-order valence-electron chi connectivity index (χ2n) is 7.95. The van der Waals surface area contributed by atoms with Crippen molar-refractivity contribution >= 4 is 13.6 Å². The Morgan fingerprint density at radius 3 is 2.63 bits per heavy atom. The van der Waals surface area contributed by atoms with E-state index in [0.717, 1.165) is 38.5 Å². The fourth-order valence-corrected chi connectivity index (χ4v) is 4.64. The number of rotatable bonds is 9. The number of nitrogens with two attached hydrogens (primary N) is 1. The number of hydrogen-bond donors (Lipinski definition) is 3. The molecule has 0 aromatic heterocycles. The van der Waals surface area contributed by atoms with E-state index in [9.17, 15) is 4.79 Å². The van der Waals surface area contributed by atoms with Crippen molar-refractivity contribution in [1.29, 1.82) is 0 Å². The number of fused-ring (bicyclic) bond motifs is 3. The molecule has 27 heavy (non-hydrogen) atoms. The van der Waals surface area contributed by atoms with E-state index >= 15 is 0 Å². The summed E-state index contributed by atoms with van der Waals surface area (Å²) in [4.78, 5) is 12.6. The maximum absolute atomic E-state index is 12.6. The molecule has 3 aliphatic carbocycles. The number of benzene rings is 1. The van der Waals surface area contributed by atoms with E-state index in [1.54, 1.807) is 0 Å². The van der Waals surface area contributed by atoms with Gasteiger partial charge >= 0.3 is 7.69 Å². The largest absolute Gasteiger partial charge is 0.485 e. The molecule has 0 unspecified atom stereocenters. The minimum atomic E-state index is -0.437. The fraction of sp³-hybridized carbons (Fsp3) is 0.650. The molecular weight excluding hydrogens is 343 g/mol. The van der Waals surface area contributed by atoms with Gasteiger partial charge in [0.05, 0.1) is 11.8 Å². The summed E-state index contributed by atoms with van der Waals surface area (Å²) in [5.41, 5.74) is 8.17. The van der Waals surface area contributed by atoms with Crippen molar-refractivity contribution in [3.63, 3.8) is 0 Å². The van der Waals surface area contributed by atoms with Gasteiger partial charge in [-0.3, -0.25) is 4.79 Å². The Labute approximate surface area is 162 Å². The third kappa shape index (κ3) is 4.54. The van der Waals surface area contributed by atoms with Gasteiger partial charge in [0.2, 0.25) is 0 Å². The van der Waals surface area contributed by atoms with E-state index in [4.69, 9.17) is 20.1 Å². The summed E-state index contributed by atoms with van der Waals surface area (Å²) in [7, 11) is 2.50. The quantitative estimate of drug-likeness (QED) is 0.350. The Morgan fingerprint density at radius 1 is 1.30 bits per heavy atom. The van der Waals surface area contributed by atoms with Gasteiger partial charge in [0.25, 0.3) is 5.91 Å². The standard InChI is InChI=1S/C20H30BN2O4/c1-26-20-10-7-19(8-11-20,9-12-20)16-5-2-4-15(14-16)18(24)23-17(22)6-3-13-27-21-25/h2,4-5,14,17,25H,3,6-13,22H2,1H3,(H,23,24)/t17-,19?,20?/m1/s1. The molecule has 0 spiro atoms. The number of carbonyl (C=O) groups is 1. The van der Waals surface area contributed by atoms with Gasteiger partial charge in [-0.1, -0.05) is 12.1 Å². The van der Waals surface area contributed by atoms with Gasteiger partial charge in [0.15, 0.2) is 0 Å². The first-order chi connectivity index (χ1) is 13.0. The molecule has 3 aliphatic rings. The van der Waals surface area contributed by atoms with Crippen LogP contribution in [0.1, 0.15) is 67.3 Å². The molecule has 3 saturated carbocycles. The summed E-state index contributed by atoms with van der Waals surface area (Å²) in [5, 5.41) is 11.3. The van der Waals surface area contributed by atoms with Crippen molar-refractivity contribution in [1.82, 2.24) is 5.32 Å². The molecule has 0 aliphatic heterocycles. The van der Waals surface area contributed by atoms with E-state index in [2.05, 4.69) is 11.4 Å². The summed E-state index contributed by atoms with van der Waals surface area (Å²) in [6.07, 6.45) is 7.45. The summed E-state index contributed by atoms with van der Waals surface area (Å²) < 4.78 is 10.5. The third-order valence-corrected chi connectivity index (χ3v) is 6.52. The molecule has 1 atom stereocenters. The number of methoxy groups -OCH3 is 1. The minimum Gasteiger partial charge on any atom is -0.429 e. The number of hydrogen-bond acceptors (Lipinski definition) is 5. The van der Waals surface area contributed by atoms with Crippen molar-refractivity contribution in [2.75, 3.05) is 13.7 Å². The Balaban J connectivity index is 1.61. The molecule has 4 N–H and O–H groups in total. The van der Waals surface area contributed by atoms with E-state index in [0.29, 0.717) is 32.7 Å². The molecule has 4 rings (SSSR count). The highest BCUT2D eigenvalue weighted by Crippen LogP contribution is 2.54. The average Bonchev–Trinajstić information content (AvgIpc) is 2.72. The lowest BCUT2D eigenvalue weighted by molar-refractivity contribution is -0.0955. The lowest BCUT2D eigenvalue weighted by atomic mass is 9.56. The molecule has 1 aromatic carbocycles. The van der Waals surface area contributed by atoms with Crippen LogP contribution in [-0.2, 0) is 14.8 Å². The predicted molar refractivity (Wildman–Crippen MR) is 104 cm³/mol. The predicted octanol–water partition coefficient (Wildman–Crippen LogP) is 2.02. The minimum absolute atomic E-state index is 0.0843. The van der Waals surface area contributed by atoms with Crippen molar-refractivity contribution in [2.45, 2.75) is 68.5 Å². The van der Waals surface area contributed by atoms with Crippen molar-refractivity contribution in [2.24, 2.45) is 5.73 Å². The summed E-state index contributed by atoms with van der Waals surface area (Å²) in [6, 6.07) is 8.01. The van der Waals surface area contributed by atoms with Crippen molar-refractivity contribution < 1.29 is 19.2 Å². The van der Waals surface area contributed by atoms with Crippen molar-refractivity contribution in [3.8, 4) is 0 Å². The first kappa shape index (κ1) is 20.3. The van der Waals surface area contributed by atoms with Crippen LogP contribution in [0.4, 0.5) is 0 Å². The van der Waals surface area contributed by atoms with Gasteiger partial charge in [0, 0.05) is 19.3 Å². The molecular formula is C20H30BN2O4. The molecule has 6 nitrogen and oxygen atoms in total. The van der Waals surface area contributed by atoms with Crippen LogP contribution >= 0.6 is 0 Å². The third-order valence-electron chi connectivity index (χ3n) is 6.52. The van der Waals surface area contributed by atoms with E-state index in [1.165, 1.54) is 5.56 Å². The summed E-state index contributed by atoms with van der Waals surface area (Å²) >= 11 is 0. The van der Waals surface area contributed by atoms with Crippen LogP contribution in [-0.4, -0.2) is 44.1 Å². The van der Waals surface area contributed by atoms with Gasteiger partial charge < -0.3 is 25.5 Å². The molecule has 1 aromatic rings. The highest BCUT2D eigenvalue weighted by atomic mass is 16.5. The van der Waals surface area contributed by atoms with Gasteiger partial charge in [0.1, 0.15) is 0 Å². The first-order valence-corrected chi connectivity index (χ1v) is 9.82. The number of ether oxygens (including phenoxy) is 1. The monoisotopic (exact) mass is 373 g/mol. The highest BCUT2D eigenvalue weighted by molar-refractivity contribution is 6.15. The Hall–Kier alpha value is -1.41. The Kier molecular flexibility index (Phi) is 6.58. The molecule has 0 heterocycles. The van der Waals surface area contributed by atoms with Gasteiger partial charge in [-0.05, 0) is 74.5 Å². The first-order valence-electron chi connectivity index (χ1n) is 9.82. The molecule has 2 bridgehead atoms. The average molecular weight is 373 g/mol. The lowest BCUT2D eigenvalue weighted by Crippen LogP contribution is -2.49. The fourth-order valence-electron chi connectivity index (χ4n) is 4.64. The lowest BCUT2D eigenvalue weighted by Gasteiger charge is -2.53. The molecule has 147 valence electrons. The van der Waals surface area contributed by atoms with Gasteiger partial charge in [-0.25, -0.2) is 0 Å². The summed E-state index contributed by atoms with van der Waals surface area (Å²) in [5.74, 6) is -0.145. The van der Waals surface area contributed by atoms with Crippen LogP contribution in [0.2, 0.25) is 0 Å². The SMILES string of the molecule is COC12CCC(c3cccc(C(=O)N[C@@H](N)CCCO[B]O)c3)(CC1)CC2.